The molecule has 0 spiro atoms. The van der Waals surface area contributed by atoms with Crippen LogP contribution in [0.4, 0.5) is 5.82 Å². The van der Waals surface area contributed by atoms with Crippen molar-refractivity contribution in [3.8, 4) is 6.07 Å². The standard InChI is InChI=1S/C24H31N5O4S2/c1-4-8-28-21(27-12-10-26(5-2)11-13-27)17(16(3)18(15-25)22(28)32)14-19-23(33)29(24(34)35-19)9-6-7-20(30)31/h14H,4-13H2,1-3H3,(H,30,31)/b19-14+. The zero-order valence-corrected chi connectivity index (χ0v) is 22.0. The largest absolute Gasteiger partial charge is 0.481 e. The van der Waals surface area contributed by atoms with E-state index in [0.29, 0.717) is 33.3 Å². The average Bonchev–Trinajstić information content (AvgIpc) is 3.10. The molecule has 3 heterocycles. The maximum absolute atomic E-state index is 13.3. The molecule has 0 bridgehead atoms. The molecule has 35 heavy (non-hydrogen) atoms. The van der Waals surface area contributed by atoms with Gasteiger partial charge < -0.3 is 14.9 Å². The van der Waals surface area contributed by atoms with Crippen molar-refractivity contribution in [2.75, 3.05) is 44.2 Å². The number of carboxylic acids is 1. The van der Waals surface area contributed by atoms with E-state index in [1.54, 1.807) is 17.6 Å². The van der Waals surface area contributed by atoms with Gasteiger partial charge in [0.25, 0.3) is 11.5 Å². The van der Waals surface area contributed by atoms with Gasteiger partial charge in [-0.3, -0.25) is 23.9 Å². The van der Waals surface area contributed by atoms with Crippen molar-refractivity contribution in [3.05, 3.63) is 31.9 Å². The minimum atomic E-state index is -0.920. The average molecular weight is 518 g/mol. The lowest BCUT2D eigenvalue weighted by atomic mass is 10.0. The summed E-state index contributed by atoms with van der Waals surface area (Å²) in [5.41, 5.74) is 1.01. The third-order valence-electron chi connectivity index (χ3n) is 6.33. The van der Waals surface area contributed by atoms with Gasteiger partial charge >= 0.3 is 5.97 Å². The first-order valence-electron chi connectivity index (χ1n) is 11.8. The third kappa shape index (κ3) is 5.77. The van der Waals surface area contributed by atoms with Crippen LogP contribution < -0.4 is 10.5 Å². The number of thioether (sulfide) groups is 1. The molecule has 1 amide bonds. The summed E-state index contributed by atoms with van der Waals surface area (Å²) >= 11 is 6.56. The third-order valence-corrected chi connectivity index (χ3v) is 7.71. The van der Waals surface area contributed by atoms with Crippen LogP contribution in [0.15, 0.2) is 9.70 Å². The predicted octanol–water partition coefficient (Wildman–Crippen LogP) is 2.65. The van der Waals surface area contributed by atoms with E-state index in [-0.39, 0.29) is 30.0 Å². The Labute approximate surface area is 215 Å². The monoisotopic (exact) mass is 517 g/mol. The Morgan fingerprint density at radius 3 is 2.46 bits per heavy atom. The molecule has 0 aliphatic carbocycles. The number of nitriles is 1. The second-order valence-electron chi connectivity index (χ2n) is 8.56. The Hall–Kier alpha value is -2.68. The summed E-state index contributed by atoms with van der Waals surface area (Å²) in [6.45, 7) is 10.7. The first-order valence-corrected chi connectivity index (χ1v) is 13.1. The lowest BCUT2D eigenvalue weighted by Gasteiger charge is -2.37. The number of thiocarbonyl (C=S) groups is 1. The highest BCUT2D eigenvalue weighted by atomic mass is 32.2. The summed E-state index contributed by atoms with van der Waals surface area (Å²) in [6, 6.07) is 2.07. The number of anilines is 1. The molecule has 2 saturated heterocycles. The van der Waals surface area contributed by atoms with Gasteiger partial charge in [0.05, 0.1) is 4.91 Å². The van der Waals surface area contributed by atoms with Crippen molar-refractivity contribution in [2.45, 2.75) is 46.6 Å². The Morgan fingerprint density at radius 1 is 1.20 bits per heavy atom. The molecule has 188 valence electrons. The summed E-state index contributed by atoms with van der Waals surface area (Å²) in [5.74, 6) is -0.463. The molecule has 1 aromatic heterocycles. The lowest BCUT2D eigenvalue weighted by Crippen LogP contribution is -2.48. The van der Waals surface area contributed by atoms with Crippen LogP contribution in [0.25, 0.3) is 6.08 Å². The zero-order valence-electron chi connectivity index (χ0n) is 20.4. The van der Waals surface area contributed by atoms with E-state index in [0.717, 1.165) is 56.7 Å². The summed E-state index contributed by atoms with van der Waals surface area (Å²) in [4.78, 5) is 43.6. The van der Waals surface area contributed by atoms with Crippen molar-refractivity contribution in [1.29, 1.82) is 5.26 Å². The highest BCUT2D eigenvalue weighted by Gasteiger charge is 2.33. The summed E-state index contributed by atoms with van der Waals surface area (Å²) in [5, 5.41) is 18.7. The van der Waals surface area contributed by atoms with Gasteiger partial charge in [0.15, 0.2) is 0 Å². The number of piperazine rings is 1. The number of rotatable bonds is 9. The first kappa shape index (κ1) is 26.9. The number of likely N-dealkylation sites (N-methyl/N-ethyl adjacent to an activating group) is 1. The number of amides is 1. The quantitative estimate of drug-likeness (QED) is 0.390. The van der Waals surface area contributed by atoms with Gasteiger partial charge in [0, 0.05) is 51.3 Å². The van der Waals surface area contributed by atoms with Crippen LogP contribution in [0, 0.1) is 18.3 Å². The molecule has 0 saturated carbocycles. The Kier molecular flexibility index (Phi) is 9.10. The number of nitrogens with zero attached hydrogens (tertiary/aromatic N) is 5. The van der Waals surface area contributed by atoms with E-state index in [2.05, 4.69) is 22.8 Å². The summed E-state index contributed by atoms with van der Waals surface area (Å²) in [7, 11) is 0. The molecule has 0 atom stereocenters. The number of carbonyl (C=O) groups excluding carboxylic acids is 1. The SMILES string of the molecule is CCCn1c(N2CCN(CC)CC2)c(/C=C2/SC(=S)N(CCCC(=O)O)C2=O)c(C)c(C#N)c1=O. The van der Waals surface area contributed by atoms with Crippen LogP contribution in [-0.4, -0.2) is 74.9 Å². The fourth-order valence-corrected chi connectivity index (χ4v) is 5.69. The van der Waals surface area contributed by atoms with Gasteiger partial charge in [-0.05, 0) is 37.9 Å². The number of aliphatic carboxylic acids is 1. The molecular formula is C24H31N5O4S2. The molecule has 0 aromatic carbocycles. The molecule has 0 radical (unpaired) electrons. The molecule has 1 N–H and O–H groups in total. The van der Waals surface area contributed by atoms with Crippen molar-refractivity contribution >= 4 is 52.1 Å². The number of carboxylic acid groups (broad SMARTS) is 1. The molecule has 2 aliphatic rings. The van der Waals surface area contributed by atoms with Crippen LogP contribution in [-0.2, 0) is 16.1 Å². The molecule has 2 fully saturated rings. The lowest BCUT2D eigenvalue weighted by molar-refractivity contribution is -0.137. The van der Waals surface area contributed by atoms with Crippen LogP contribution in [0.5, 0.6) is 0 Å². The maximum atomic E-state index is 13.3. The molecule has 1 aromatic rings. The van der Waals surface area contributed by atoms with Crippen LogP contribution in [0.2, 0.25) is 0 Å². The molecule has 3 rings (SSSR count). The molecule has 9 nitrogen and oxygen atoms in total. The van der Waals surface area contributed by atoms with E-state index >= 15 is 0 Å². The fourth-order valence-electron chi connectivity index (χ4n) is 4.40. The van der Waals surface area contributed by atoms with Crippen molar-refractivity contribution in [2.24, 2.45) is 0 Å². The minimum Gasteiger partial charge on any atom is -0.481 e. The minimum absolute atomic E-state index is 0.0450. The van der Waals surface area contributed by atoms with E-state index in [1.807, 2.05) is 6.92 Å². The van der Waals surface area contributed by atoms with E-state index < -0.39 is 5.97 Å². The Morgan fingerprint density at radius 2 is 1.89 bits per heavy atom. The van der Waals surface area contributed by atoms with Gasteiger partial charge in [-0.2, -0.15) is 5.26 Å². The highest BCUT2D eigenvalue weighted by molar-refractivity contribution is 8.26. The van der Waals surface area contributed by atoms with Gasteiger partial charge in [-0.15, -0.1) is 0 Å². The van der Waals surface area contributed by atoms with Crippen LogP contribution >= 0.6 is 24.0 Å². The van der Waals surface area contributed by atoms with Gasteiger partial charge in [0.1, 0.15) is 21.8 Å². The normalized spacial score (nSPS) is 17.9. The van der Waals surface area contributed by atoms with Crippen molar-refractivity contribution in [1.82, 2.24) is 14.4 Å². The fraction of sp³-hybridized carbons (Fsp3) is 0.542. The summed E-state index contributed by atoms with van der Waals surface area (Å²) < 4.78 is 2.05. The number of hydrogen-bond donors (Lipinski definition) is 1. The van der Waals surface area contributed by atoms with Gasteiger partial charge in [0.2, 0.25) is 0 Å². The van der Waals surface area contributed by atoms with Crippen LogP contribution in [0.1, 0.15) is 49.8 Å². The zero-order chi connectivity index (χ0) is 25.7. The molecular weight excluding hydrogens is 486 g/mol. The van der Waals surface area contributed by atoms with Crippen molar-refractivity contribution in [3.63, 3.8) is 0 Å². The van der Waals surface area contributed by atoms with Gasteiger partial charge in [-0.25, -0.2) is 0 Å². The molecule has 11 heteroatoms. The van der Waals surface area contributed by atoms with E-state index in [1.165, 1.54) is 4.90 Å². The van der Waals surface area contributed by atoms with Crippen LogP contribution in [0.3, 0.4) is 0 Å². The Bertz CT molecular complexity index is 1150. The number of aromatic nitrogens is 1. The van der Waals surface area contributed by atoms with Gasteiger partial charge in [-0.1, -0.05) is 37.8 Å². The second-order valence-corrected chi connectivity index (χ2v) is 10.2. The highest BCUT2D eigenvalue weighted by Crippen LogP contribution is 2.36. The topological polar surface area (TPSA) is 110 Å². The molecule has 0 unspecified atom stereocenters. The van der Waals surface area contributed by atoms with Crippen molar-refractivity contribution < 1.29 is 14.7 Å². The van der Waals surface area contributed by atoms with E-state index in [4.69, 9.17) is 17.3 Å². The maximum Gasteiger partial charge on any atom is 0.303 e. The summed E-state index contributed by atoms with van der Waals surface area (Å²) in [6.07, 6.45) is 2.73. The Balaban J connectivity index is 2.09. The molecule has 2 aliphatic heterocycles. The second kappa shape index (κ2) is 11.8. The van der Waals surface area contributed by atoms with E-state index in [9.17, 15) is 19.6 Å². The smallest absolute Gasteiger partial charge is 0.303 e. The number of pyridine rings is 1. The first-order chi connectivity index (χ1) is 16.7. The number of hydrogen-bond acceptors (Lipinski definition) is 8. The predicted molar refractivity (Wildman–Crippen MR) is 142 cm³/mol. The number of carbonyl (C=O) groups is 2.